The summed E-state index contributed by atoms with van der Waals surface area (Å²) in [5.41, 5.74) is 25.4. The lowest BCUT2D eigenvalue weighted by Crippen LogP contribution is -2.54. The average molecular weight is 467 g/mol. The first-order valence-corrected chi connectivity index (χ1v) is 11.0. The van der Waals surface area contributed by atoms with Gasteiger partial charge in [-0.2, -0.15) is 15.0 Å². The Balaban J connectivity index is 1.68. The Hall–Kier alpha value is -1.95. The van der Waals surface area contributed by atoms with Crippen LogP contribution in [0, 0.1) is 0 Å². The second-order valence-electron chi connectivity index (χ2n) is 8.33. The van der Waals surface area contributed by atoms with Gasteiger partial charge in [-0.05, 0) is 31.0 Å². The second kappa shape index (κ2) is 9.27. The fraction of sp³-hybridized carbons (Fsp3) is 0.526. The molecule has 0 radical (unpaired) electrons. The summed E-state index contributed by atoms with van der Waals surface area (Å²) >= 11 is 12.2. The third-order valence-electron chi connectivity index (χ3n) is 5.38. The molecule has 0 amide bonds. The van der Waals surface area contributed by atoms with E-state index in [9.17, 15) is 0 Å². The molecule has 0 saturated carbocycles. The molecule has 0 aliphatic carbocycles. The van der Waals surface area contributed by atoms with Gasteiger partial charge in [0, 0.05) is 56.0 Å². The van der Waals surface area contributed by atoms with E-state index in [2.05, 4.69) is 15.3 Å². The lowest BCUT2D eigenvalue weighted by molar-refractivity contribution is 0.441. The van der Waals surface area contributed by atoms with Crippen LogP contribution in [0.2, 0.25) is 10.0 Å². The number of halogens is 2. The standard InChI is InChI=1S/C19H28Cl2N10/c20-15-2-1-14(5-16(15)21)26-17-27-18(30-6-10(22)3-11(23)7-30)29-19(28-17)31-8-12(24)4-13(25)9-31/h1-2,5,10-13H,3-4,6-9,22-25H2,(H,26,27,28,29)/t10-,11+,12-,13+. The van der Waals surface area contributed by atoms with Gasteiger partial charge >= 0.3 is 0 Å². The summed E-state index contributed by atoms with van der Waals surface area (Å²) in [5.74, 6) is 1.38. The van der Waals surface area contributed by atoms with Crippen LogP contribution in [0.5, 0.6) is 0 Å². The van der Waals surface area contributed by atoms with Crippen LogP contribution in [0.25, 0.3) is 0 Å². The average Bonchev–Trinajstić information content (AvgIpc) is 2.69. The minimum absolute atomic E-state index is 0.0488. The van der Waals surface area contributed by atoms with Gasteiger partial charge in [0.25, 0.3) is 0 Å². The molecule has 2 aliphatic rings. The zero-order valence-electron chi connectivity index (χ0n) is 17.1. The van der Waals surface area contributed by atoms with Gasteiger partial charge in [0.05, 0.1) is 10.0 Å². The first kappa shape index (κ1) is 22.3. The van der Waals surface area contributed by atoms with Crippen molar-refractivity contribution in [1.82, 2.24) is 15.0 Å². The third-order valence-corrected chi connectivity index (χ3v) is 6.12. The molecule has 1 aromatic heterocycles. The number of benzene rings is 1. The predicted octanol–water partition coefficient (Wildman–Crippen LogP) is 0.651. The molecule has 10 nitrogen and oxygen atoms in total. The van der Waals surface area contributed by atoms with Gasteiger partial charge in [0.2, 0.25) is 17.8 Å². The van der Waals surface area contributed by atoms with E-state index >= 15 is 0 Å². The van der Waals surface area contributed by atoms with Crippen molar-refractivity contribution in [1.29, 1.82) is 0 Å². The smallest absolute Gasteiger partial charge is 0.233 e. The molecule has 1 aromatic carbocycles. The van der Waals surface area contributed by atoms with Gasteiger partial charge in [-0.25, -0.2) is 0 Å². The normalized spacial score (nSPS) is 26.8. The highest BCUT2D eigenvalue weighted by molar-refractivity contribution is 6.42. The summed E-state index contributed by atoms with van der Waals surface area (Å²) in [6.07, 6.45) is 1.53. The molecule has 0 spiro atoms. The molecule has 4 rings (SSSR count). The van der Waals surface area contributed by atoms with Crippen LogP contribution in [0.3, 0.4) is 0 Å². The van der Waals surface area contributed by atoms with Crippen LogP contribution in [-0.4, -0.2) is 65.3 Å². The Morgan fingerprint density at radius 2 is 1.23 bits per heavy atom. The number of rotatable bonds is 4. The summed E-state index contributed by atoms with van der Waals surface area (Å²) < 4.78 is 0. The maximum absolute atomic E-state index is 6.18. The molecule has 12 heteroatoms. The molecule has 0 unspecified atom stereocenters. The van der Waals surface area contributed by atoms with Crippen LogP contribution < -0.4 is 38.1 Å². The minimum Gasteiger partial charge on any atom is -0.338 e. The van der Waals surface area contributed by atoms with Crippen molar-refractivity contribution in [2.75, 3.05) is 41.3 Å². The van der Waals surface area contributed by atoms with Gasteiger partial charge in [-0.3, -0.25) is 0 Å². The molecule has 4 atom stereocenters. The summed E-state index contributed by atoms with van der Waals surface area (Å²) in [4.78, 5) is 17.9. The van der Waals surface area contributed by atoms with Crippen molar-refractivity contribution in [3.8, 4) is 0 Å². The van der Waals surface area contributed by atoms with E-state index in [1.807, 2.05) is 9.80 Å². The summed E-state index contributed by atoms with van der Waals surface area (Å²) in [7, 11) is 0. The predicted molar refractivity (Wildman–Crippen MR) is 125 cm³/mol. The summed E-state index contributed by atoms with van der Waals surface area (Å²) in [5, 5.41) is 4.09. The van der Waals surface area contributed by atoms with E-state index in [0.29, 0.717) is 59.8 Å². The van der Waals surface area contributed by atoms with Crippen LogP contribution in [0.15, 0.2) is 18.2 Å². The highest BCUT2D eigenvalue weighted by Crippen LogP contribution is 2.28. The molecule has 0 bridgehead atoms. The molecule has 2 fully saturated rings. The number of nitrogens with two attached hydrogens (primary N) is 4. The number of aromatic nitrogens is 3. The Morgan fingerprint density at radius 1 is 0.742 bits per heavy atom. The fourth-order valence-corrected chi connectivity index (χ4v) is 4.38. The molecule has 3 heterocycles. The number of hydrogen-bond acceptors (Lipinski definition) is 10. The molecule has 168 valence electrons. The maximum Gasteiger partial charge on any atom is 0.233 e. The molecule has 2 aliphatic heterocycles. The van der Waals surface area contributed by atoms with Crippen molar-refractivity contribution in [3.05, 3.63) is 28.2 Å². The number of piperidine rings is 2. The number of hydrogen-bond donors (Lipinski definition) is 5. The van der Waals surface area contributed by atoms with E-state index in [-0.39, 0.29) is 24.2 Å². The first-order chi connectivity index (χ1) is 14.8. The highest BCUT2D eigenvalue weighted by Gasteiger charge is 2.28. The van der Waals surface area contributed by atoms with Crippen molar-refractivity contribution in [2.24, 2.45) is 22.9 Å². The highest BCUT2D eigenvalue weighted by atomic mass is 35.5. The Morgan fingerprint density at radius 3 is 1.68 bits per heavy atom. The van der Waals surface area contributed by atoms with E-state index in [1.165, 1.54) is 0 Å². The van der Waals surface area contributed by atoms with E-state index in [0.717, 1.165) is 12.8 Å². The van der Waals surface area contributed by atoms with E-state index in [4.69, 9.17) is 51.1 Å². The lowest BCUT2D eigenvalue weighted by Gasteiger charge is -2.37. The van der Waals surface area contributed by atoms with Gasteiger partial charge in [0.1, 0.15) is 0 Å². The third kappa shape index (κ3) is 5.46. The van der Waals surface area contributed by atoms with Crippen molar-refractivity contribution in [2.45, 2.75) is 37.0 Å². The van der Waals surface area contributed by atoms with Crippen LogP contribution in [0.4, 0.5) is 23.5 Å². The van der Waals surface area contributed by atoms with Crippen molar-refractivity contribution >= 4 is 46.7 Å². The number of anilines is 4. The zero-order valence-corrected chi connectivity index (χ0v) is 18.6. The summed E-state index contributed by atoms with van der Waals surface area (Å²) in [6.45, 7) is 2.45. The Labute approximate surface area is 191 Å². The van der Waals surface area contributed by atoms with Crippen LogP contribution in [0.1, 0.15) is 12.8 Å². The zero-order chi connectivity index (χ0) is 22.1. The molecule has 9 N–H and O–H groups in total. The molecule has 2 aromatic rings. The van der Waals surface area contributed by atoms with Crippen molar-refractivity contribution < 1.29 is 0 Å². The Kier molecular flexibility index (Phi) is 6.65. The number of nitrogens with zero attached hydrogens (tertiary/aromatic N) is 5. The van der Waals surface area contributed by atoms with Gasteiger partial charge < -0.3 is 38.1 Å². The van der Waals surface area contributed by atoms with Crippen LogP contribution in [-0.2, 0) is 0 Å². The first-order valence-electron chi connectivity index (χ1n) is 10.3. The van der Waals surface area contributed by atoms with Crippen LogP contribution >= 0.6 is 23.2 Å². The molecule has 31 heavy (non-hydrogen) atoms. The largest absolute Gasteiger partial charge is 0.338 e. The van der Waals surface area contributed by atoms with E-state index in [1.54, 1.807) is 18.2 Å². The SMILES string of the molecule is N[C@@H]1C[C@H](N)CN(c2nc(Nc3ccc(Cl)c(Cl)c3)nc(N3C[C@H](N)C[C@H](N)C3)n2)C1. The molecular weight excluding hydrogens is 439 g/mol. The summed E-state index contributed by atoms with van der Waals surface area (Å²) in [6, 6.07) is 5.03. The Bertz CT molecular complexity index is 864. The van der Waals surface area contributed by atoms with Crippen molar-refractivity contribution in [3.63, 3.8) is 0 Å². The number of nitrogens with one attached hydrogen (secondary N) is 1. The topological polar surface area (TPSA) is 161 Å². The molecule has 2 saturated heterocycles. The maximum atomic E-state index is 6.18. The fourth-order valence-electron chi connectivity index (χ4n) is 4.08. The minimum atomic E-state index is -0.0488. The van der Waals surface area contributed by atoms with Gasteiger partial charge in [-0.1, -0.05) is 23.2 Å². The van der Waals surface area contributed by atoms with Gasteiger partial charge in [0.15, 0.2) is 0 Å². The van der Waals surface area contributed by atoms with E-state index < -0.39 is 0 Å². The second-order valence-corrected chi connectivity index (χ2v) is 9.15. The monoisotopic (exact) mass is 466 g/mol. The lowest BCUT2D eigenvalue weighted by atomic mass is 10.0. The quantitative estimate of drug-likeness (QED) is 0.432. The van der Waals surface area contributed by atoms with Gasteiger partial charge in [-0.15, -0.1) is 0 Å². The molecular formula is C19H28Cl2N10.